The molecule has 1 amide bonds. The zero-order valence-corrected chi connectivity index (χ0v) is 18.5. The molecule has 31 heavy (non-hydrogen) atoms. The summed E-state index contributed by atoms with van der Waals surface area (Å²) in [5, 5.41) is 8.99. The van der Waals surface area contributed by atoms with Gasteiger partial charge in [0, 0.05) is 12.5 Å². The van der Waals surface area contributed by atoms with Crippen LogP contribution in [0.15, 0.2) is 47.6 Å². The van der Waals surface area contributed by atoms with Crippen molar-refractivity contribution in [1.82, 2.24) is 15.2 Å². The molecule has 0 spiro atoms. The number of hydrogen-bond donors (Lipinski definition) is 0. The summed E-state index contributed by atoms with van der Waals surface area (Å²) in [5.74, 6) is 1.16. The monoisotopic (exact) mass is 438 g/mol. The van der Waals surface area contributed by atoms with Crippen molar-refractivity contribution < 1.29 is 19.0 Å². The lowest BCUT2D eigenvalue weighted by atomic mass is 10.1. The summed E-state index contributed by atoms with van der Waals surface area (Å²) >= 11 is 1.36. The fourth-order valence-electron chi connectivity index (χ4n) is 3.56. The summed E-state index contributed by atoms with van der Waals surface area (Å²) < 4.78 is 17.8. The second-order valence-electron chi connectivity index (χ2n) is 6.64. The Morgan fingerprint density at radius 2 is 2.00 bits per heavy atom. The average molecular weight is 439 g/mol. The number of methoxy groups -OCH3 is 1. The molecule has 4 rings (SSSR count). The molecule has 2 aromatic carbocycles. The van der Waals surface area contributed by atoms with Gasteiger partial charge in [-0.3, -0.25) is 9.69 Å². The number of carbonyl (C=O) groups excluding carboxylic acids is 1. The Morgan fingerprint density at radius 1 is 1.19 bits per heavy atom. The fraction of sp³-hybridized carbons (Fsp3) is 0.273. The van der Waals surface area contributed by atoms with E-state index in [4.69, 9.17) is 14.2 Å². The van der Waals surface area contributed by atoms with E-state index >= 15 is 0 Å². The van der Waals surface area contributed by atoms with Gasteiger partial charge in [-0.05, 0) is 31.4 Å². The normalized spacial score (nSPS) is 14.7. The van der Waals surface area contributed by atoms with Crippen LogP contribution in [0.5, 0.6) is 17.4 Å². The van der Waals surface area contributed by atoms with E-state index in [9.17, 15) is 4.79 Å². The Kier molecular flexibility index (Phi) is 5.94. The maximum absolute atomic E-state index is 12.9. The minimum Gasteiger partial charge on any atom is -0.492 e. The molecular formula is C22H22N4O4S. The predicted octanol–water partition coefficient (Wildman–Crippen LogP) is 4.11. The number of anilines is 1. The molecule has 3 aromatic rings. The lowest BCUT2D eigenvalue weighted by Crippen LogP contribution is -2.36. The van der Waals surface area contributed by atoms with Crippen molar-refractivity contribution in [2.24, 2.45) is 0 Å². The first-order valence-electron chi connectivity index (χ1n) is 9.73. The highest BCUT2D eigenvalue weighted by molar-refractivity contribution is 7.98. The molecule has 0 fully saturated rings. The molecule has 0 aliphatic carbocycles. The predicted molar refractivity (Wildman–Crippen MR) is 118 cm³/mol. The number of thioether (sulfide) groups is 1. The molecule has 0 unspecified atom stereocenters. The van der Waals surface area contributed by atoms with Gasteiger partial charge in [-0.2, -0.15) is 4.98 Å². The van der Waals surface area contributed by atoms with E-state index in [1.165, 1.54) is 18.7 Å². The van der Waals surface area contributed by atoms with Crippen LogP contribution < -0.4 is 19.1 Å². The third kappa shape index (κ3) is 3.76. The molecule has 9 heteroatoms. The zero-order chi connectivity index (χ0) is 22.0. The quantitative estimate of drug-likeness (QED) is 0.550. The molecule has 8 nitrogen and oxygen atoms in total. The van der Waals surface area contributed by atoms with Crippen LogP contribution in [-0.2, 0) is 4.79 Å². The topological polar surface area (TPSA) is 86.7 Å². The molecular weight excluding hydrogens is 416 g/mol. The molecule has 0 saturated carbocycles. The van der Waals surface area contributed by atoms with E-state index in [-0.39, 0.29) is 5.91 Å². The lowest BCUT2D eigenvalue weighted by molar-refractivity contribution is -0.118. The van der Waals surface area contributed by atoms with Crippen molar-refractivity contribution in [3.63, 3.8) is 0 Å². The molecule has 160 valence electrons. The summed E-state index contributed by atoms with van der Waals surface area (Å²) in [6.07, 6.45) is 1.02. The van der Waals surface area contributed by atoms with E-state index in [0.717, 1.165) is 0 Å². The number of aromatic nitrogens is 3. The van der Waals surface area contributed by atoms with Gasteiger partial charge < -0.3 is 14.2 Å². The Balaban J connectivity index is 1.98. The summed E-state index contributed by atoms with van der Waals surface area (Å²) in [6.45, 7) is 3.87. The van der Waals surface area contributed by atoms with Gasteiger partial charge in [0.25, 0.3) is 0 Å². The highest BCUT2D eigenvalue weighted by atomic mass is 32.2. The second kappa shape index (κ2) is 8.81. The minimum atomic E-state index is -0.846. The third-order valence-electron chi connectivity index (χ3n) is 4.81. The Labute approximate surface area is 184 Å². The zero-order valence-electron chi connectivity index (χ0n) is 17.7. The summed E-state index contributed by atoms with van der Waals surface area (Å²) in [6, 6.07) is 13.0. The number of amides is 1. The highest BCUT2D eigenvalue weighted by Crippen LogP contribution is 2.46. The van der Waals surface area contributed by atoms with Crippen LogP contribution in [0.4, 0.5) is 5.69 Å². The van der Waals surface area contributed by atoms with E-state index in [1.807, 2.05) is 55.6 Å². The van der Waals surface area contributed by atoms with Crippen LogP contribution in [0.2, 0.25) is 0 Å². The molecule has 0 bridgehead atoms. The largest absolute Gasteiger partial charge is 0.492 e. The van der Waals surface area contributed by atoms with Crippen LogP contribution in [-0.4, -0.2) is 41.1 Å². The van der Waals surface area contributed by atoms with E-state index in [2.05, 4.69) is 15.2 Å². The molecule has 1 aliphatic heterocycles. The van der Waals surface area contributed by atoms with Crippen molar-refractivity contribution in [2.75, 3.05) is 24.9 Å². The van der Waals surface area contributed by atoms with Gasteiger partial charge in [-0.1, -0.05) is 36.0 Å². The minimum absolute atomic E-state index is 0.202. The van der Waals surface area contributed by atoms with E-state index in [1.54, 1.807) is 12.0 Å². The van der Waals surface area contributed by atoms with Crippen molar-refractivity contribution >= 4 is 23.4 Å². The first-order chi connectivity index (χ1) is 15.1. The van der Waals surface area contributed by atoms with E-state index < -0.39 is 6.23 Å². The third-order valence-corrected chi connectivity index (χ3v) is 5.35. The van der Waals surface area contributed by atoms with Crippen molar-refractivity contribution in [3.8, 4) is 28.6 Å². The first kappa shape index (κ1) is 20.9. The number of nitrogens with zero attached hydrogens (tertiary/aromatic N) is 4. The smallest absolute Gasteiger partial charge is 0.247 e. The van der Waals surface area contributed by atoms with Crippen molar-refractivity contribution in [1.29, 1.82) is 0 Å². The van der Waals surface area contributed by atoms with Gasteiger partial charge >= 0.3 is 0 Å². The number of ether oxygens (including phenoxy) is 3. The van der Waals surface area contributed by atoms with Crippen molar-refractivity contribution in [3.05, 3.63) is 48.0 Å². The lowest BCUT2D eigenvalue weighted by Gasteiger charge is -2.31. The Morgan fingerprint density at radius 3 is 2.71 bits per heavy atom. The van der Waals surface area contributed by atoms with Gasteiger partial charge in [0.1, 0.15) is 0 Å². The standard InChI is InChI=1S/C22H22N4O4S/c1-5-29-17-12-8-10-15(19(17)28-3)21-26(13(2)27)16-11-7-6-9-14(16)18-20(30-21)23-22(31-4)25-24-18/h6-12,21H,5H2,1-4H3/t21-/m0/s1. The highest BCUT2D eigenvalue weighted by Gasteiger charge is 2.36. The summed E-state index contributed by atoms with van der Waals surface area (Å²) in [4.78, 5) is 19.0. The SMILES string of the molecule is CCOc1cccc([C@@H]2Oc3nc(SC)nnc3-c3ccccc3N2C(C)=O)c1OC. The molecule has 2 heterocycles. The van der Waals surface area contributed by atoms with Crippen LogP contribution in [0.25, 0.3) is 11.3 Å². The summed E-state index contributed by atoms with van der Waals surface area (Å²) in [7, 11) is 1.56. The number of carbonyl (C=O) groups is 1. The Hall–Kier alpha value is -3.33. The van der Waals surface area contributed by atoms with Gasteiger partial charge in [-0.25, -0.2) is 0 Å². The number of para-hydroxylation sites is 2. The number of rotatable bonds is 5. The van der Waals surface area contributed by atoms with Gasteiger partial charge in [-0.15, -0.1) is 10.2 Å². The van der Waals surface area contributed by atoms with Crippen LogP contribution >= 0.6 is 11.8 Å². The van der Waals surface area contributed by atoms with Crippen LogP contribution in [0.1, 0.15) is 25.6 Å². The molecule has 0 N–H and O–H groups in total. The average Bonchev–Trinajstić information content (AvgIpc) is 2.93. The maximum atomic E-state index is 12.9. The number of benzene rings is 2. The maximum Gasteiger partial charge on any atom is 0.247 e. The van der Waals surface area contributed by atoms with Crippen LogP contribution in [0.3, 0.4) is 0 Å². The van der Waals surface area contributed by atoms with Crippen LogP contribution in [0, 0.1) is 0 Å². The summed E-state index contributed by atoms with van der Waals surface area (Å²) in [5.41, 5.74) is 2.47. The Bertz CT molecular complexity index is 1120. The first-order valence-corrected chi connectivity index (χ1v) is 11.0. The number of hydrogen-bond acceptors (Lipinski definition) is 8. The van der Waals surface area contributed by atoms with Gasteiger partial charge in [0.05, 0.1) is 25.0 Å². The second-order valence-corrected chi connectivity index (χ2v) is 7.41. The molecule has 1 atom stereocenters. The van der Waals surface area contributed by atoms with Gasteiger partial charge in [0.15, 0.2) is 17.2 Å². The molecule has 1 aromatic heterocycles. The number of fused-ring (bicyclic) bond motifs is 3. The van der Waals surface area contributed by atoms with Crippen molar-refractivity contribution in [2.45, 2.75) is 25.2 Å². The molecule has 0 radical (unpaired) electrons. The van der Waals surface area contributed by atoms with E-state index in [0.29, 0.717) is 51.7 Å². The molecule has 0 saturated heterocycles. The van der Waals surface area contributed by atoms with Gasteiger partial charge in [0.2, 0.25) is 23.2 Å². The fourth-order valence-corrected chi connectivity index (χ4v) is 3.85. The molecule has 1 aliphatic rings.